The Morgan fingerprint density at radius 3 is 3.00 bits per heavy atom. The lowest BCUT2D eigenvalue weighted by Crippen LogP contribution is -2.48. The fourth-order valence-electron chi connectivity index (χ4n) is 2.11. The van der Waals surface area contributed by atoms with Crippen LogP contribution in [-0.2, 0) is 4.79 Å². The number of hydrogen-bond donors (Lipinski definition) is 2. The smallest absolute Gasteiger partial charge is 0.237 e. The SMILES string of the molecule is CCCNC(=O)C(C)N1CCCC1CO. The zero-order valence-corrected chi connectivity index (χ0v) is 9.70. The Bertz CT molecular complexity index is 209. The van der Waals surface area contributed by atoms with Crippen LogP contribution in [0.25, 0.3) is 0 Å². The normalized spacial score (nSPS) is 24.1. The lowest BCUT2D eigenvalue weighted by molar-refractivity contribution is -0.126. The number of aliphatic hydroxyl groups excluding tert-OH is 1. The van der Waals surface area contributed by atoms with Crippen LogP contribution in [-0.4, -0.2) is 47.7 Å². The molecular weight excluding hydrogens is 192 g/mol. The van der Waals surface area contributed by atoms with E-state index in [9.17, 15) is 4.79 Å². The highest BCUT2D eigenvalue weighted by Crippen LogP contribution is 2.19. The van der Waals surface area contributed by atoms with Crippen LogP contribution in [0.2, 0.25) is 0 Å². The second-order valence-corrected chi connectivity index (χ2v) is 4.18. The van der Waals surface area contributed by atoms with Crippen molar-refractivity contribution in [2.45, 2.75) is 45.2 Å². The van der Waals surface area contributed by atoms with Crippen LogP contribution in [0.3, 0.4) is 0 Å². The number of amides is 1. The molecule has 4 heteroatoms. The van der Waals surface area contributed by atoms with Gasteiger partial charge in [0.1, 0.15) is 0 Å². The minimum Gasteiger partial charge on any atom is -0.395 e. The third-order valence-electron chi connectivity index (χ3n) is 3.06. The van der Waals surface area contributed by atoms with Crippen molar-refractivity contribution in [3.8, 4) is 0 Å². The highest BCUT2D eigenvalue weighted by molar-refractivity contribution is 5.81. The zero-order valence-electron chi connectivity index (χ0n) is 9.70. The fourth-order valence-corrected chi connectivity index (χ4v) is 2.11. The highest BCUT2D eigenvalue weighted by Gasteiger charge is 2.31. The standard InChI is InChI=1S/C11H22N2O2/c1-3-6-12-11(15)9(2)13-7-4-5-10(13)8-14/h9-10,14H,3-8H2,1-2H3,(H,12,15). The molecule has 1 amide bonds. The monoisotopic (exact) mass is 214 g/mol. The summed E-state index contributed by atoms with van der Waals surface area (Å²) in [4.78, 5) is 13.8. The first kappa shape index (κ1) is 12.5. The zero-order chi connectivity index (χ0) is 11.3. The maximum absolute atomic E-state index is 11.7. The minimum absolute atomic E-state index is 0.0807. The van der Waals surface area contributed by atoms with Gasteiger partial charge >= 0.3 is 0 Å². The number of carbonyl (C=O) groups excluding carboxylic acids is 1. The Balaban J connectivity index is 2.44. The van der Waals surface area contributed by atoms with Gasteiger partial charge in [-0.05, 0) is 32.7 Å². The van der Waals surface area contributed by atoms with E-state index >= 15 is 0 Å². The van der Waals surface area contributed by atoms with Crippen molar-refractivity contribution in [1.29, 1.82) is 0 Å². The molecule has 1 aliphatic heterocycles. The molecule has 2 atom stereocenters. The van der Waals surface area contributed by atoms with Gasteiger partial charge in [-0.15, -0.1) is 0 Å². The van der Waals surface area contributed by atoms with E-state index in [1.165, 1.54) is 0 Å². The Labute approximate surface area is 91.6 Å². The molecule has 0 aliphatic carbocycles. The van der Waals surface area contributed by atoms with Gasteiger partial charge in [0, 0.05) is 12.6 Å². The number of nitrogens with zero attached hydrogens (tertiary/aromatic N) is 1. The van der Waals surface area contributed by atoms with Gasteiger partial charge in [0.25, 0.3) is 0 Å². The molecule has 0 aromatic heterocycles. The van der Waals surface area contributed by atoms with Gasteiger partial charge in [-0.1, -0.05) is 6.92 Å². The molecule has 15 heavy (non-hydrogen) atoms. The van der Waals surface area contributed by atoms with E-state index in [-0.39, 0.29) is 24.6 Å². The van der Waals surface area contributed by atoms with Crippen LogP contribution in [0.15, 0.2) is 0 Å². The average molecular weight is 214 g/mol. The van der Waals surface area contributed by atoms with E-state index in [2.05, 4.69) is 10.2 Å². The average Bonchev–Trinajstić information content (AvgIpc) is 2.72. The van der Waals surface area contributed by atoms with Crippen LogP contribution in [0, 0.1) is 0 Å². The van der Waals surface area contributed by atoms with E-state index in [1.54, 1.807) is 0 Å². The van der Waals surface area contributed by atoms with Crippen molar-refractivity contribution < 1.29 is 9.90 Å². The second kappa shape index (κ2) is 6.08. The number of nitrogens with one attached hydrogen (secondary N) is 1. The molecule has 4 nitrogen and oxygen atoms in total. The number of carbonyl (C=O) groups is 1. The topological polar surface area (TPSA) is 52.6 Å². The van der Waals surface area contributed by atoms with Gasteiger partial charge in [-0.2, -0.15) is 0 Å². The predicted molar refractivity (Wildman–Crippen MR) is 59.6 cm³/mol. The van der Waals surface area contributed by atoms with Crippen LogP contribution >= 0.6 is 0 Å². The summed E-state index contributed by atoms with van der Waals surface area (Å²) in [5.41, 5.74) is 0. The van der Waals surface area contributed by atoms with Crippen LogP contribution in [0.5, 0.6) is 0 Å². The summed E-state index contributed by atoms with van der Waals surface area (Å²) in [5.74, 6) is 0.0807. The Morgan fingerprint density at radius 1 is 1.67 bits per heavy atom. The molecular formula is C11H22N2O2. The van der Waals surface area contributed by atoms with Gasteiger partial charge in [-0.25, -0.2) is 0 Å². The second-order valence-electron chi connectivity index (χ2n) is 4.18. The maximum atomic E-state index is 11.7. The van der Waals surface area contributed by atoms with Crippen LogP contribution in [0.1, 0.15) is 33.1 Å². The van der Waals surface area contributed by atoms with Gasteiger partial charge in [-0.3, -0.25) is 9.69 Å². The van der Waals surface area contributed by atoms with Crippen molar-refractivity contribution in [2.24, 2.45) is 0 Å². The molecule has 1 saturated heterocycles. The third kappa shape index (κ3) is 3.18. The number of likely N-dealkylation sites (tertiary alicyclic amines) is 1. The summed E-state index contributed by atoms with van der Waals surface area (Å²) in [6, 6.07) is 0.0589. The quantitative estimate of drug-likeness (QED) is 0.694. The van der Waals surface area contributed by atoms with E-state index in [0.717, 1.165) is 32.4 Å². The molecule has 0 aromatic carbocycles. The van der Waals surface area contributed by atoms with Crippen LogP contribution in [0.4, 0.5) is 0 Å². The highest BCUT2D eigenvalue weighted by atomic mass is 16.3. The van der Waals surface area contributed by atoms with Gasteiger partial charge < -0.3 is 10.4 Å². The predicted octanol–water partition coefficient (Wildman–Crippen LogP) is 0.358. The Hall–Kier alpha value is -0.610. The molecule has 88 valence electrons. The summed E-state index contributed by atoms with van der Waals surface area (Å²) in [6.07, 6.45) is 3.04. The summed E-state index contributed by atoms with van der Waals surface area (Å²) in [5, 5.41) is 12.1. The van der Waals surface area contributed by atoms with Crippen molar-refractivity contribution in [1.82, 2.24) is 10.2 Å². The molecule has 1 rings (SSSR count). The first-order chi connectivity index (χ1) is 7.20. The van der Waals surface area contributed by atoms with Crippen LogP contribution < -0.4 is 5.32 Å². The van der Waals surface area contributed by atoms with Gasteiger partial charge in [0.15, 0.2) is 0 Å². The number of rotatable bonds is 5. The lowest BCUT2D eigenvalue weighted by Gasteiger charge is -2.28. The minimum atomic E-state index is -0.115. The summed E-state index contributed by atoms with van der Waals surface area (Å²) in [6.45, 7) is 5.77. The molecule has 0 saturated carbocycles. The van der Waals surface area contributed by atoms with E-state index in [0.29, 0.717) is 0 Å². The third-order valence-corrected chi connectivity index (χ3v) is 3.06. The van der Waals surface area contributed by atoms with Gasteiger partial charge in [0.05, 0.1) is 12.6 Å². The molecule has 0 aromatic rings. The molecule has 1 aliphatic rings. The summed E-state index contributed by atoms with van der Waals surface area (Å²) < 4.78 is 0. The summed E-state index contributed by atoms with van der Waals surface area (Å²) >= 11 is 0. The van der Waals surface area contributed by atoms with Crippen molar-refractivity contribution in [3.63, 3.8) is 0 Å². The number of aliphatic hydroxyl groups is 1. The molecule has 2 unspecified atom stereocenters. The fraction of sp³-hybridized carbons (Fsp3) is 0.909. The Kier molecular flexibility index (Phi) is 5.05. The molecule has 0 bridgehead atoms. The van der Waals surface area contributed by atoms with E-state index in [1.807, 2.05) is 13.8 Å². The molecule has 1 fully saturated rings. The first-order valence-electron chi connectivity index (χ1n) is 5.85. The molecule has 0 radical (unpaired) electrons. The van der Waals surface area contributed by atoms with Crippen molar-refractivity contribution in [3.05, 3.63) is 0 Å². The first-order valence-corrected chi connectivity index (χ1v) is 5.85. The molecule has 1 heterocycles. The largest absolute Gasteiger partial charge is 0.395 e. The van der Waals surface area contributed by atoms with Crippen molar-refractivity contribution in [2.75, 3.05) is 19.7 Å². The van der Waals surface area contributed by atoms with E-state index in [4.69, 9.17) is 5.11 Å². The number of hydrogen-bond acceptors (Lipinski definition) is 3. The lowest BCUT2D eigenvalue weighted by atomic mass is 10.2. The van der Waals surface area contributed by atoms with Crippen molar-refractivity contribution >= 4 is 5.91 Å². The Morgan fingerprint density at radius 2 is 2.40 bits per heavy atom. The maximum Gasteiger partial charge on any atom is 0.237 e. The molecule has 0 spiro atoms. The van der Waals surface area contributed by atoms with E-state index < -0.39 is 0 Å². The summed E-state index contributed by atoms with van der Waals surface area (Å²) in [7, 11) is 0. The van der Waals surface area contributed by atoms with Gasteiger partial charge in [0.2, 0.25) is 5.91 Å². The molecule has 2 N–H and O–H groups in total.